The summed E-state index contributed by atoms with van der Waals surface area (Å²) in [7, 11) is 1.62. The summed E-state index contributed by atoms with van der Waals surface area (Å²) in [6.07, 6.45) is 0.379. The van der Waals surface area contributed by atoms with Gasteiger partial charge in [0.25, 0.3) is 0 Å². The van der Waals surface area contributed by atoms with Crippen LogP contribution in [0.25, 0.3) is 0 Å². The maximum atomic E-state index is 11.0. The van der Waals surface area contributed by atoms with Gasteiger partial charge in [0.1, 0.15) is 5.75 Å². The van der Waals surface area contributed by atoms with E-state index in [0.717, 1.165) is 12.3 Å². The van der Waals surface area contributed by atoms with Gasteiger partial charge in [-0.3, -0.25) is 4.79 Å². The van der Waals surface area contributed by atoms with E-state index in [9.17, 15) is 4.79 Å². The molecule has 4 heteroatoms. The maximum Gasteiger partial charge on any atom is 0.223 e. The highest BCUT2D eigenvalue weighted by Crippen LogP contribution is 2.13. The van der Waals surface area contributed by atoms with Crippen molar-refractivity contribution in [3.63, 3.8) is 0 Å². The van der Waals surface area contributed by atoms with Crippen LogP contribution in [-0.2, 0) is 11.3 Å². The lowest BCUT2D eigenvalue weighted by Gasteiger charge is -2.20. The Labute approximate surface area is 115 Å². The zero-order valence-corrected chi connectivity index (χ0v) is 12.2. The molecule has 1 aromatic carbocycles. The van der Waals surface area contributed by atoms with Gasteiger partial charge in [-0.2, -0.15) is 0 Å². The van der Waals surface area contributed by atoms with E-state index in [4.69, 9.17) is 4.74 Å². The summed E-state index contributed by atoms with van der Waals surface area (Å²) < 4.78 is 5.50. The van der Waals surface area contributed by atoms with Gasteiger partial charge in [-0.1, -0.05) is 12.1 Å². The molecule has 0 aromatic heterocycles. The van der Waals surface area contributed by atoms with E-state index >= 15 is 0 Å². The fourth-order valence-corrected chi connectivity index (χ4v) is 1.46. The largest absolute Gasteiger partial charge is 0.493 e. The number of rotatable bonds is 6. The molecule has 0 unspecified atom stereocenters. The SMILES string of the molecule is CNC(=O)CCOc1ccc(CNC(C)(C)C)cc1. The van der Waals surface area contributed by atoms with E-state index in [2.05, 4.69) is 31.4 Å². The van der Waals surface area contributed by atoms with E-state index in [1.807, 2.05) is 24.3 Å². The first-order chi connectivity index (χ1) is 8.90. The Morgan fingerprint density at radius 3 is 2.37 bits per heavy atom. The Kier molecular flexibility index (Phi) is 5.83. The van der Waals surface area contributed by atoms with Crippen molar-refractivity contribution in [2.75, 3.05) is 13.7 Å². The standard InChI is InChI=1S/C15H24N2O2/c1-15(2,3)17-11-12-5-7-13(8-6-12)19-10-9-14(18)16-4/h5-8,17H,9-11H2,1-4H3,(H,16,18). The molecule has 0 radical (unpaired) electrons. The van der Waals surface area contributed by atoms with Crippen molar-refractivity contribution in [2.24, 2.45) is 0 Å². The first-order valence-electron chi connectivity index (χ1n) is 6.58. The third-order valence-electron chi connectivity index (χ3n) is 2.62. The molecule has 106 valence electrons. The van der Waals surface area contributed by atoms with Crippen molar-refractivity contribution in [1.82, 2.24) is 10.6 Å². The summed E-state index contributed by atoms with van der Waals surface area (Å²) in [5.41, 5.74) is 1.33. The lowest BCUT2D eigenvalue weighted by atomic mass is 10.1. The number of carbonyl (C=O) groups excluding carboxylic acids is 1. The van der Waals surface area contributed by atoms with Crippen LogP contribution in [0.15, 0.2) is 24.3 Å². The van der Waals surface area contributed by atoms with Gasteiger partial charge in [-0.25, -0.2) is 0 Å². The molecule has 19 heavy (non-hydrogen) atoms. The minimum atomic E-state index is -0.00834. The zero-order valence-electron chi connectivity index (χ0n) is 12.2. The first-order valence-corrected chi connectivity index (χ1v) is 6.58. The summed E-state index contributed by atoms with van der Waals surface area (Å²) in [6.45, 7) is 7.66. The number of hydrogen-bond donors (Lipinski definition) is 2. The van der Waals surface area contributed by atoms with Crippen molar-refractivity contribution in [1.29, 1.82) is 0 Å². The smallest absolute Gasteiger partial charge is 0.223 e. The number of carbonyl (C=O) groups is 1. The summed E-state index contributed by atoms with van der Waals surface area (Å²) in [6, 6.07) is 7.94. The minimum absolute atomic E-state index is 0.00834. The fraction of sp³-hybridized carbons (Fsp3) is 0.533. The third-order valence-corrected chi connectivity index (χ3v) is 2.62. The Bertz CT molecular complexity index is 394. The Balaban J connectivity index is 2.37. The molecule has 0 bridgehead atoms. The van der Waals surface area contributed by atoms with Crippen molar-refractivity contribution in [2.45, 2.75) is 39.3 Å². The lowest BCUT2D eigenvalue weighted by Crippen LogP contribution is -2.35. The molecular weight excluding hydrogens is 240 g/mol. The Hall–Kier alpha value is -1.55. The monoisotopic (exact) mass is 264 g/mol. The highest BCUT2D eigenvalue weighted by atomic mass is 16.5. The van der Waals surface area contributed by atoms with E-state index in [1.54, 1.807) is 7.05 Å². The van der Waals surface area contributed by atoms with Crippen molar-refractivity contribution >= 4 is 5.91 Å². The van der Waals surface area contributed by atoms with Crippen LogP contribution < -0.4 is 15.4 Å². The predicted octanol–water partition coefficient (Wildman–Crippen LogP) is 2.09. The molecule has 1 rings (SSSR count). The highest BCUT2D eigenvalue weighted by Gasteiger charge is 2.08. The molecule has 1 amide bonds. The molecule has 1 aromatic rings. The number of nitrogens with one attached hydrogen (secondary N) is 2. The van der Waals surface area contributed by atoms with E-state index < -0.39 is 0 Å². The number of ether oxygens (including phenoxy) is 1. The van der Waals surface area contributed by atoms with Gasteiger partial charge in [0.05, 0.1) is 13.0 Å². The second-order valence-electron chi connectivity index (χ2n) is 5.52. The van der Waals surface area contributed by atoms with Crippen LogP contribution >= 0.6 is 0 Å². The van der Waals surface area contributed by atoms with Gasteiger partial charge in [-0.15, -0.1) is 0 Å². The van der Waals surface area contributed by atoms with Gasteiger partial charge in [-0.05, 0) is 38.5 Å². The van der Waals surface area contributed by atoms with E-state index in [-0.39, 0.29) is 11.4 Å². The van der Waals surface area contributed by atoms with Gasteiger partial charge >= 0.3 is 0 Å². The van der Waals surface area contributed by atoms with Crippen LogP contribution in [0.2, 0.25) is 0 Å². The predicted molar refractivity (Wildman–Crippen MR) is 77.2 cm³/mol. The third kappa shape index (κ3) is 6.82. The molecule has 4 nitrogen and oxygen atoms in total. The molecule has 0 saturated carbocycles. The quantitative estimate of drug-likeness (QED) is 0.827. The second kappa shape index (κ2) is 7.14. The number of benzene rings is 1. The average molecular weight is 264 g/mol. The van der Waals surface area contributed by atoms with Crippen LogP contribution in [0.3, 0.4) is 0 Å². The molecule has 2 N–H and O–H groups in total. The molecule has 0 spiro atoms. The molecule has 0 atom stereocenters. The van der Waals surface area contributed by atoms with Crippen LogP contribution in [0.5, 0.6) is 5.75 Å². The molecule has 0 aliphatic carbocycles. The lowest BCUT2D eigenvalue weighted by molar-refractivity contribution is -0.121. The molecule has 0 saturated heterocycles. The molecular formula is C15H24N2O2. The first kappa shape index (κ1) is 15.5. The summed E-state index contributed by atoms with van der Waals surface area (Å²) >= 11 is 0. The molecule has 0 aliphatic rings. The zero-order chi connectivity index (χ0) is 14.3. The van der Waals surface area contributed by atoms with E-state index in [0.29, 0.717) is 13.0 Å². The molecule has 0 heterocycles. The van der Waals surface area contributed by atoms with Crippen LogP contribution in [0.4, 0.5) is 0 Å². The summed E-state index contributed by atoms with van der Waals surface area (Å²) in [4.78, 5) is 11.0. The second-order valence-corrected chi connectivity index (χ2v) is 5.52. The van der Waals surface area contributed by atoms with Gasteiger partial charge in [0.2, 0.25) is 5.91 Å². The average Bonchev–Trinajstić information content (AvgIpc) is 2.36. The Morgan fingerprint density at radius 1 is 1.21 bits per heavy atom. The van der Waals surface area contributed by atoms with Crippen LogP contribution in [0.1, 0.15) is 32.8 Å². The fourth-order valence-electron chi connectivity index (χ4n) is 1.46. The molecule has 0 aliphatic heterocycles. The molecule has 0 fully saturated rings. The van der Waals surface area contributed by atoms with Crippen LogP contribution in [0, 0.1) is 0 Å². The topological polar surface area (TPSA) is 50.4 Å². The number of amides is 1. The summed E-state index contributed by atoms with van der Waals surface area (Å²) in [5.74, 6) is 0.786. The van der Waals surface area contributed by atoms with Gasteiger partial charge in [0, 0.05) is 19.1 Å². The van der Waals surface area contributed by atoms with Crippen molar-refractivity contribution in [3.05, 3.63) is 29.8 Å². The van der Waals surface area contributed by atoms with E-state index in [1.165, 1.54) is 5.56 Å². The summed E-state index contributed by atoms with van der Waals surface area (Å²) in [5, 5.41) is 5.99. The highest BCUT2D eigenvalue weighted by molar-refractivity contribution is 5.75. The van der Waals surface area contributed by atoms with Gasteiger partial charge in [0.15, 0.2) is 0 Å². The van der Waals surface area contributed by atoms with Crippen molar-refractivity contribution in [3.8, 4) is 5.75 Å². The number of hydrogen-bond acceptors (Lipinski definition) is 3. The normalized spacial score (nSPS) is 11.2. The maximum absolute atomic E-state index is 11.0. The minimum Gasteiger partial charge on any atom is -0.493 e. The van der Waals surface area contributed by atoms with Gasteiger partial charge < -0.3 is 15.4 Å². The van der Waals surface area contributed by atoms with Crippen LogP contribution in [-0.4, -0.2) is 25.1 Å². The van der Waals surface area contributed by atoms with Crippen molar-refractivity contribution < 1.29 is 9.53 Å². The Morgan fingerprint density at radius 2 is 1.84 bits per heavy atom.